The maximum atomic E-state index is 5.26. The zero-order valence-corrected chi connectivity index (χ0v) is 7.74. The van der Waals surface area contributed by atoms with Gasteiger partial charge in [-0.2, -0.15) is 0 Å². The molecule has 0 nitrogen and oxygen atoms in total. The van der Waals surface area contributed by atoms with Crippen LogP contribution in [0.1, 0.15) is 12.0 Å². The SMILES string of the molecule is C#CCC(C=C)Cc1ccccc1. The van der Waals surface area contributed by atoms with Gasteiger partial charge in [0.1, 0.15) is 0 Å². The van der Waals surface area contributed by atoms with E-state index in [2.05, 4.69) is 24.6 Å². The van der Waals surface area contributed by atoms with E-state index in [9.17, 15) is 0 Å². The summed E-state index contributed by atoms with van der Waals surface area (Å²) < 4.78 is 0. The molecule has 1 aromatic carbocycles. The first-order valence-electron chi connectivity index (χ1n) is 4.46. The van der Waals surface area contributed by atoms with Crippen LogP contribution in [0.4, 0.5) is 0 Å². The first-order chi connectivity index (χ1) is 6.36. The van der Waals surface area contributed by atoms with Crippen LogP contribution in [0, 0.1) is 18.3 Å². The molecule has 0 aliphatic carbocycles. The number of benzene rings is 1. The quantitative estimate of drug-likeness (QED) is 0.481. The predicted molar refractivity (Wildman–Crippen MR) is 57.3 cm³/mol. The molecule has 0 amide bonds. The highest BCUT2D eigenvalue weighted by Crippen LogP contribution is 2.12. The molecule has 1 rings (SSSR count). The first kappa shape index (κ1) is 9.61. The molecule has 0 aliphatic rings. The lowest BCUT2D eigenvalue weighted by molar-refractivity contribution is 0.672. The van der Waals surface area contributed by atoms with Crippen molar-refractivity contribution in [2.75, 3.05) is 0 Å². The molecule has 0 N–H and O–H groups in total. The summed E-state index contributed by atoms with van der Waals surface area (Å²) in [4.78, 5) is 0. The molecule has 1 atom stereocenters. The number of terminal acetylenes is 1. The summed E-state index contributed by atoms with van der Waals surface area (Å²) in [7, 11) is 0. The summed E-state index contributed by atoms with van der Waals surface area (Å²) in [5.41, 5.74) is 1.32. The molecule has 13 heavy (non-hydrogen) atoms. The highest BCUT2D eigenvalue weighted by atomic mass is 14.1. The molecule has 0 heteroatoms. The van der Waals surface area contributed by atoms with Gasteiger partial charge in [0.25, 0.3) is 0 Å². The van der Waals surface area contributed by atoms with Crippen LogP contribution in [0.25, 0.3) is 0 Å². The Morgan fingerprint density at radius 3 is 2.62 bits per heavy atom. The van der Waals surface area contributed by atoms with Crippen LogP contribution in [-0.4, -0.2) is 0 Å². The van der Waals surface area contributed by atoms with Crippen molar-refractivity contribution in [1.29, 1.82) is 0 Å². The van der Waals surface area contributed by atoms with Crippen molar-refractivity contribution in [2.45, 2.75) is 12.8 Å². The second-order valence-corrected chi connectivity index (χ2v) is 3.09. The third-order valence-electron chi connectivity index (χ3n) is 2.05. The fourth-order valence-electron chi connectivity index (χ4n) is 1.31. The van der Waals surface area contributed by atoms with Crippen LogP contribution in [0.2, 0.25) is 0 Å². The minimum atomic E-state index is 0.410. The number of allylic oxidation sites excluding steroid dienone is 1. The van der Waals surface area contributed by atoms with Crippen molar-refractivity contribution in [3.05, 3.63) is 48.6 Å². The van der Waals surface area contributed by atoms with E-state index >= 15 is 0 Å². The van der Waals surface area contributed by atoms with Crippen molar-refractivity contribution in [3.63, 3.8) is 0 Å². The van der Waals surface area contributed by atoms with E-state index in [0.29, 0.717) is 5.92 Å². The van der Waals surface area contributed by atoms with Crippen LogP contribution in [0.5, 0.6) is 0 Å². The Morgan fingerprint density at radius 1 is 1.38 bits per heavy atom. The average Bonchev–Trinajstić information content (AvgIpc) is 2.19. The molecule has 0 aliphatic heterocycles. The molecular formula is C13H14. The maximum absolute atomic E-state index is 5.26. The van der Waals surface area contributed by atoms with Crippen LogP contribution in [0.3, 0.4) is 0 Å². The van der Waals surface area contributed by atoms with Gasteiger partial charge in [0, 0.05) is 6.42 Å². The molecule has 0 radical (unpaired) electrons. The Morgan fingerprint density at radius 2 is 2.08 bits per heavy atom. The standard InChI is InChI=1S/C13H14/c1-3-8-12(4-2)11-13-9-6-5-7-10-13/h1,4-7,9-10,12H,2,8,11H2. The van der Waals surface area contributed by atoms with E-state index in [-0.39, 0.29) is 0 Å². The topological polar surface area (TPSA) is 0 Å². The molecule has 0 saturated heterocycles. The van der Waals surface area contributed by atoms with Gasteiger partial charge in [-0.3, -0.25) is 0 Å². The molecule has 1 unspecified atom stereocenters. The zero-order chi connectivity index (χ0) is 9.52. The maximum Gasteiger partial charge on any atom is 0.0152 e. The summed E-state index contributed by atoms with van der Waals surface area (Å²) in [6, 6.07) is 10.4. The number of hydrogen-bond acceptors (Lipinski definition) is 0. The van der Waals surface area contributed by atoms with Gasteiger partial charge in [0.05, 0.1) is 0 Å². The molecule has 0 spiro atoms. The summed E-state index contributed by atoms with van der Waals surface area (Å²) in [5, 5.41) is 0. The van der Waals surface area contributed by atoms with E-state index in [1.165, 1.54) is 5.56 Å². The van der Waals surface area contributed by atoms with Crippen LogP contribution in [-0.2, 0) is 6.42 Å². The van der Waals surface area contributed by atoms with Crippen molar-refractivity contribution in [2.24, 2.45) is 5.92 Å². The summed E-state index contributed by atoms with van der Waals surface area (Å²) in [6.45, 7) is 3.78. The number of hydrogen-bond donors (Lipinski definition) is 0. The number of rotatable bonds is 4. The van der Waals surface area contributed by atoms with Crippen molar-refractivity contribution < 1.29 is 0 Å². The van der Waals surface area contributed by atoms with Crippen LogP contribution < -0.4 is 0 Å². The Bertz CT molecular complexity index is 290. The largest absolute Gasteiger partial charge is 0.120 e. The zero-order valence-electron chi connectivity index (χ0n) is 7.74. The fraction of sp³-hybridized carbons (Fsp3) is 0.231. The van der Waals surface area contributed by atoms with E-state index in [1.807, 2.05) is 24.3 Å². The molecule has 0 saturated carbocycles. The Labute approximate surface area is 80.3 Å². The molecule has 0 fully saturated rings. The van der Waals surface area contributed by atoms with Gasteiger partial charge < -0.3 is 0 Å². The molecule has 0 bridgehead atoms. The van der Waals surface area contributed by atoms with Crippen molar-refractivity contribution in [1.82, 2.24) is 0 Å². The van der Waals surface area contributed by atoms with E-state index in [0.717, 1.165) is 12.8 Å². The Hall–Kier alpha value is -1.48. The fourth-order valence-corrected chi connectivity index (χ4v) is 1.31. The third-order valence-corrected chi connectivity index (χ3v) is 2.05. The minimum absolute atomic E-state index is 0.410. The van der Waals surface area contributed by atoms with Gasteiger partial charge in [0.15, 0.2) is 0 Å². The molecule has 0 heterocycles. The van der Waals surface area contributed by atoms with E-state index in [4.69, 9.17) is 6.42 Å². The smallest absolute Gasteiger partial charge is 0.0152 e. The van der Waals surface area contributed by atoms with Crippen molar-refractivity contribution in [3.8, 4) is 12.3 Å². The van der Waals surface area contributed by atoms with Gasteiger partial charge in [0.2, 0.25) is 0 Å². The summed E-state index contributed by atoms with van der Waals surface area (Å²) in [6.07, 6.45) is 8.97. The third kappa shape index (κ3) is 3.17. The lowest BCUT2D eigenvalue weighted by atomic mass is 9.97. The normalized spacial score (nSPS) is 11.6. The lowest BCUT2D eigenvalue weighted by Gasteiger charge is -2.08. The lowest BCUT2D eigenvalue weighted by Crippen LogP contribution is -1.99. The van der Waals surface area contributed by atoms with Crippen LogP contribution >= 0.6 is 0 Å². The van der Waals surface area contributed by atoms with Crippen molar-refractivity contribution >= 4 is 0 Å². The molecule has 66 valence electrons. The first-order valence-corrected chi connectivity index (χ1v) is 4.46. The average molecular weight is 170 g/mol. The van der Waals surface area contributed by atoms with Gasteiger partial charge in [-0.15, -0.1) is 18.9 Å². The summed E-state index contributed by atoms with van der Waals surface area (Å²) in [5.74, 6) is 3.08. The van der Waals surface area contributed by atoms with Gasteiger partial charge in [-0.1, -0.05) is 36.4 Å². The van der Waals surface area contributed by atoms with E-state index in [1.54, 1.807) is 0 Å². The molecular weight excluding hydrogens is 156 g/mol. The molecule has 1 aromatic rings. The Balaban J connectivity index is 2.57. The van der Waals surface area contributed by atoms with Gasteiger partial charge in [-0.05, 0) is 17.9 Å². The highest BCUT2D eigenvalue weighted by Gasteiger charge is 2.02. The van der Waals surface area contributed by atoms with Gasteiger partial charge in [-0.25, -0.2) is 0 Å². The summed E-state index contributed by atoms with van der Waals surface area (Å²) >= 11 is 0. The predicted octanol–water partition coefficient (Wildman–Crippen LogP) is 3.05. The van der Waals surface area contributed by atoms with E-state index < -0.39 is 0 Å². The van der Waals surface area contributed by atoms with Gasteiger partial charge >= 0.3 is 0 Å². The monoisotopic (exact) mass is 170 g/mol. The second kappa shape index (κ2) is 5.22. The minimum Gasteiger partial charge on any atom is -0.120 e. The second-order valence-electron chi connectivity index (χ2n) is 3.09. The Kier molecular flexibility index (Phi) is 3.85. The van der Waals surface area contributed by atoms with Crippen LogP contribution in [0.15, 0.2) is 43.0 Å². The molecule has 0 aromatic heterocycles. The highest BCUT2D eigenvalue weighted by molar-refractivity contribution is 5.16.